The van der Waals surface area contributed by atoms with Crippen molar-refractivity contribution in [2.24, 2.45) is 0 Å². The molecule has 1 aliphatic rings. The maximum Gasteiger partial charge on any atom is 0.199 e. The molecular weight excluding hydrogens is 312 g/mol. The number of aromatic nitrogens is 4. The van der Waals surface area contributed by atoms with E-state index in [1.807, 2.05) is 4.90 Å². The number of fused-ring (bicyclic) bond motifs is 1. The molecule has 120 valence electrons. The third-order valence-electron chi connectivity index (χ3n) is 3.98. The van der Waals surface area contributed by atoms with Crippen LogP contribution in [0.1, 0.15) is 11.1 Å². The average molecular weight is 325 g/mol. The standard InChI is InChI=1S/C17H13F2N5/c18-12-8-11-10-24(7-3-13(11)14(19)9-12)15-2-6-22-17(23-15)16-20-4-1-5-21-16/h1-2,4-6,8-9H,3,7,10H2. The Hall–Kier alpha value is -2.96. The molecule has 2 aromatic heterocycles. The summed E-state index contributed by atoms with van der Waals surface area (Å²) in [7, 11) is 0. The molecule has 4 rings (SSSR count). The Labute approximate surface area is 137 Å². The predicted molar refractivity (Wildman–Crippen MR) is 84.2 cm³/mol. The van der Waals surface area contributed by atoms with E-state index in [2.05, 4.69) is 19.9 Å². The number of benzene rings is 1. The smallest absolute Gasteiger partial charge is 0.199 e. The molecule has 3 aromatic rings. The van der Waals surface area contributed by atoms with E-state index in [0.29, 0.717) is 48.1 Å². The maximum atomic E-state index is 13.8. The van der Waals surface area contributed by atoms with Crippen molar-refractivity contribution in [3.05, 3.63) is 65.6 Å². The van der Waals surface area contributed by atoms with E-state index in [4.69, 9.17) is 0 Å². The lowest BCUT2D eigenvalue weighted by Crippen LogP contribution is -2.31. The van der Waals surface area contributed by atoms with Gasteiger partial charge in [0.2, 0.25) is 0 Å². The van der Waals surface area contributed by atoms with Crippen molar-refractivity contribution >= 4 is 5.82 Å². The zero-order valence-electron chi connectivity index (χ0n) is 12.7. The van der Waals surface area contributed by atoms with Crippen LogP contribution in [-0.2, 0) is 13.0 Å². The van der Waals surface area contributed by atoms with Gasteiger partial charge >= 0.3 is 0 Å². The van der Waals surface area contributed by atoms with Gasteiger partial charge in [-0.05, 0) is 35.7 Å². The molecule has 0 fully saturated rings. The van der Waals surface area contributed by atoms with Gasteiger partial charge in [-0.15, -0.1) is 0 Å². The number of halogens is 2. The van der Waals surface area contributed by atoms with Crippen LogP contribution in [0.2, 0.25) is 0 Å². The van der Waals surface area contributed by atoms with E-state index in [0.717, 1.165) is 6.07 Å². The van der Waals surface area contributed by atoms with Crippen molar-refractivity contribution < 1.29 is 8.78 Å². The lowest BCUT2D eigenvalue weighted by molar-refractivity contribution is 0.555. The van der Waals surface area contributed by atoms with Gasteiger partial charge in [-0.25, -0.2) is 28.7 Å². The Morgan fingerprint density at radius 3 is 2.58 bits per heavy atom. The number of nitrogens with zero attached hydrogens (tertiary/aromatic N) is 5. The van der Waals surface area contributed by atoms with Crippen LogP contribution < -0.4 is 4.90 Å². The Kier molecular flexibility index (Phi) is 3.60. The third-order valence-corrected chi connectivity index (χ3v) is 3.98. The van der Waals surface area contributed by atoms with Crippen LogP contribution in [0.15, 0.2) is 42.9 Å². The van der Waals surface area contributed by atoms with Crippen LogP contribution in [-0.4, -0.2) is 26.5 Å². The van der Waals surface area contributed by atoms with Crippen LogP contribution in [0, 0.1) is 11.6 Å². The second kappa shape index (κ2) is 5.92. The highest BCUT2D eigenvalue weighted by atomic mass is 19.1. The van der Waals surface area contributed by atoms with Gasteiger partial charge in [0.15, 0.2) is 11.6 Å². The van der Waals surface area contributed by atoms with E-state index >= 15 is 0 Å². The summed E-state index contributed by atoms with van der Waals surface area (Å²) in [6.07, 6.45) is 5.39. The topological polar surface area (TPSA) is 54.8 Å². The normalized spacial score (nSPS) is 13.7. The molecule has 7 heteroatoms. The van der Waals surface area contributed by atoms with E-state index in [9.17, 15) is 8.78 Å². The summed E-state index contributed by atoms with van der Waals surface area (Å²) >= 11 is 0. The summed E-state index contributed by atoms with van der Waals surface area (Å²) in [6, 6.07) is 5.81. The van der Waals surface area contributed by atoms with Crippen LogP contribution in [0.5, 0.6) is 0 Å². The Morgan fingerprint density at radius 2 is 1.75 bits per heavy atom. The SMILES string of the molecule is Fc1cc(F)c2c(c1)CN(c1ccnc(-c3ncccn3)n1)CC2. The second-order valence-corrected chi connectivity index (χ2v) is 5.51. The average Bonchev–Trinajstić information content (AvgIpc) is 2.62. The lowest BCUT2D eigenvalue weighted by atomic mass is 9.99. The van der Waals surface area contributed by atoms with E-state index in [1.165, 1.54) is 6.07 Å². The fourth-order valence-corrected chi connectivity index (χ4v) is 2.85. The summed E-state index contributed by atoms with van der Waals surface area (Å²) < 4.78 is 27.3. The molecule has 0 saturated carbocycles. The molecule has 0 aliphatic carbocycles. The molecule has 0 radical (unpaired) electrons. The van der Waals surface area contributed by atoms with Gasteiger partial charge < -0.3 is 4.90 Å². The summed E-state index contributed by atoms with van der Waals surface area (Å²) in [5.74, 6) is 0.501. The highest BCUT2D eigenvalue weighted by Gasteiger charge is 2.21. The minimum atomic E-state index is -0.561. The van der Waals surface area contributed by atoms with Gasteiger partial charge in [0.25, 0.3) is 0 Å². The first-order valence-corrected chi connectivity index (χ1v) is 7.53. The maximum absolute atomic E-state index is 13.8. The summed E-state index contributed by atoms with van der Waals surface area (Å²) in [5, 5.41) is 0. The number of anilines is 1. The predicted octanol–water partition coefficient (Wildman–Crippen LogP) is 2.77. The zero-order chi connectivity index (χ0) is 16.5. The van der Waals surface area contributed by atoms with Crippen LogP contribution in [0.4, 0.5) is 14.6 Å². The molecule has 0 bridgehead atoms. The minimum absolute atomic E-state index is 0.399. The van der Waals surface area contributed by atoms with E-state index in [1.54, 1.807) is 30.7 Å². The fraction of sp³-hybridized carbons (Fsp3) is 0.176. The fourth-order valence-electron chi connectivity index (χ4n) is 2.85. The van der Waals surface area contributed by atoms with Crippen molar-refractivity contribution in [1.82, 2.24) is 19.9 Å². The summed E-state index contributed by atoms with van der Waals surface area (Å²) in [5.41, 5.74) is 1.23. The van der Waals surface area contributed by atoms with Crippen molar-refractivity contribution in [2.45, 2.75) is 13.0 Å². The van der Waals surface area contributed by atoms with Crippen molar-refractivity contribution in [1.29, 1.82) is 0 Å². The van der Waals surface area contributed by atoms with Gasteiger partial charge in [0, 0.05) is 37.7 Å². The molecule has 0 N–H and O–H groups in total. The molecule has 3 heterocycles. The first-order valence-electron chi connectivity index (χ1n) is 7.53. The van der Waals surface area contributed by atoms with Crippen molar-refractivity contribution in [2.75, 3.05) is 11.4 Å². The Bertz CT molecular complexity index is 885. The van der Waals surface area contributed by atoms with Gasteiger partial charge in [0.05, 0.1) is 0 Å². The Balaban J connectivity index is 1.66. The molecule has 0 spiro atoms. The molecule has 1 aliphatic heterocycles. The van der Waals surface area contributed by atoms with Crippen LogP contribution in [0.25, 0.3) is 11.6 Å². The van der Waals surface area contributed by atoms with E-state index < -0.39 is 11.6 Å². The van der Waals surface area contributed by atoms with Crippen molar-refractivity contribution in [3.63, 3.8) is 0 Å². The molecule has 1 aromatic carbocycles. The van der Waals surface area contributed by atoms with Gasteiger partial charge in [-0.3, -0.25) is 0 Å². The number of rotatable bonds is 2. The molecule has 0 amide bonds. The Morgan fingerprint density at radius 1 is 0.958 bits per heavy atom. The molecule has 24 heavy (non-hydrogen) atoms. The first-order chi connectivity index (χ1) is 11.7. The number of hydrogen-bond acceptors (Lipinski definition) is 5. The van der Waals surface area contributed by atoms with Gasteiger partial charge in [0.1, 0.15) is 17.5 Å². The monoisotopic (exact) mass is 325 g/mol. The highest BCUT2D eigenvalue weighted by Crippen LogP contribution is 2.26. The van der Waals surface area contributed by atoms with Crippen LogP contribution in [0.3, 0.4) is 0 Å². The number of hydrogen-bond donors (Lipinski definition) is 0. The third kappa shape index (κ3) is 2.68. The largest absolute Gasteiger partial charge is 0.352 e. The highest BCUT2D eigenvalue weighted by molar-refractivity contribution is 5.50. The molecule has 0 saturated heterocycles. The van der Waals surface area contributed by atoms with Gasteiger partial charge in [-0.2, -0.15) is 0 Å². The molecule has 0 unspecified atom stereocenters. The molecule has 5 nitrogen and oxygen atoms in total. The van der Waals surface area contributed by atoms with Gasteiger partial charge in [-0.1, -0.05) is 0 Å². The van der Waals surface area contributed by atoms with Crippen molar-refractivity contribution in [3.8, 4) is 11.6 Å². The quantitative estimate of drug-likeness (QED) is 0.725. The van der Waals surface area contributed by atoms with Crippen LogP contribution >= 0.6 is 0 Å². The zero-order valence-corrected chi connectivity index (χ0v) is 12.7. The summed E-state index contributed by atoms with van der Waals surface area (Å²) in [6.45, 7) is 0.998. The van der Waals surface area contributed by atoms with E-state index in [-0.39, 0.29) is 0 Å². The molecule has 0 atom stereocenters. The summed E-state index contributed by atoms with van der Waals surface area (Å²) in [4.78, 5) is 18.9. The molecular formula is C17H13F2N5. The lowest BCUT2D eigenvalue weighted by Gasteiger charge is -2.30. The minimum Gasteiger partial charge on any atom is -0.352 e. The second-order valence-electron chi connectivity index (χ2n) is 5.51. The first kappa shape index (κ1) is 14.6.